The van der Waals surface area contributed by atoms with E-state index >= 15 is 0 Å². The first-order valence-corrected chi connectivity index (χ1v) is 12.2. The molecule has 5 rings (SSSR count). The number of hydrogen-bond acceptors (Lipinski definition) is 5. The fourth-order valence-corrected chi connectivity index (χ4v) is 4.98. The number of amides is 1. The summed E-state index contributed by atoms with van der Waals surface area (Å²) in [7, 11) is 1.56. The smallest absolute Gasteiger partial charge is 0.255 e. The SMILES string of the molecule is COc1ccccc1C(=O)NCc1ccc(-c2nc(C3CCC(C)CC3)n3ccnc(N)c23)cc1. The topological polar surface area (TPSA) is 94.5 Å². The Balaban J connectivity index is 1.38. The van der Waals surface area contributed by atoms with Gasteiger partial charge in [-0.2, -0.15) is 0 Å². The summed E-state index contributed by atoms with van der Waals surface area (Å²) in [6, 6.07) is 15.3. The quantitative estimate of drug-likeness (QED) is 0.404. The van der Waals surface area contributed by atoms with Crippen molar-refractivity contribution in [3.63, 3.8) is 0 Å². The average Bonchev–Trinajstić information content (AvgIpc) is 3.29. The maximum atomic E-state index is 12.6. The maximum Gasteiger partial charge on any atom is 0.255 e. The Bertz CT molecular complexity index is 1340. The van der Waals surface area contributed by atoms with Crippen LogP contribution in [0.1, 0.15) is 60.3 Å². The molecular weight excluding hydrogens is 438 g/mol. The number of imidazole rings is 1. The number of nitrogens with two attached hydrogens (primary N) is 1. The lowest BCUT2D eigenvalue weighted by Crippen LogP contribution is -2.23. The molecule has 1 aliphatic carbocycles. The molecular formula is C28H31N5O2. The van der Waals surface area contributed by atoms with E-state index in [0.29, 0.717) is 29.6 Å². The van der Waals surface area contributed by atoms with Crippen molar-refractivity contribution in [3.8, 4) is 17.0 Å². The predicted octanol–water partition coefficient (Wildman–Crippen LogP) is 5.21. The van der Waals surface area contributed by atoms with Gasteiger partial charge in [0.1, 0.15) is 28.6 Å². The zero-order chi connectivity index (χ0) is 24.4. The first kappa shape index (κ1) is 22.9. The molecule has 7 nitrogen and oxygen atoms in total. The first-order valence-electron chi connectivity index (χ1n) is 12.2. The molecule has 2 aromatic carbocycles. The van der Waals surface area contributed by atoms with E-state index in [1.54, 1.807) is 25.4 Å². The molecule has 1 aliphatic rings. The minimum atomic E-state index is -0.170. The molecule has 0 bridgehead atoms. The highest BCUT2D eigenvalue weighted by atomic mass is 16.5. The number of nitrogens with one attached hydrogen (secondary N) is 1. The van der Waals surface area contributed by atoms with E-state index in [2.05, 4.69) is 21.6 Å². The second kappa shape index (κ2) is 9.78. The number of hydrogen-bond donors (Lipinski definition) is 2. The Morgan fingerprint density at radius 1 is 1.11 bits per heavy atom. The molecule has 0 atom stereocenters. The van der Waals surface area contributed by atoms with Crippen LogP contribution in [0.2, 0.25) is 0 Å². The Labute approximate surface area is 205 Å². The molecule has 180 valence electrons. The van der Waals surface area contributed by atoms with Crippen molar-refractivity contribution in [1.82, 2.24) is 19.7 Å². The van der Waals surface area contributed by atoms with Gasteiger partial charge < -0.3 is 15.8 Å². The summed E-state index contributed by atoms with van der Waals surface area (Å²) in [4.78, 5) is 22.0. The molecule has 2 aromatic heterocycles. The number of para-hydroxylation sites is 1. The Kier molecular flexibility index (Phi) is 6.40. The van der Waals surface area contributed by atoms with Gasteiger partial charge in [-0.15, -0.1) is 0 Å². The molecule has 4 aromatic rings. The zero-order valence-corrected chi connectivity index (χ0v) is 20.2. The summed E-state index contributed by atoms with van der Waals surface area (Å²) < 4.78 is 7.42. The van der Waals surface area contributed by atoms with Gasteiger partial charge in [0.25, 0.3) is 5.91 Å². The standard InChI is InChI=1S/C28H31N5O2/c1-18-7-11-21(12-8-18)27-32-24(25-26(29)30-15-16-33(25)27)20-13-9-19(10-14-20)17-31-28(34)22-5-3-4-6-23(22)35-2/h3-6,9-10,13-16,18,21H,7-8,11-12,17H2,1-2H3,(H2,29,30)(H,31,34). The highest BCUT2D eigenvalue weighted by Gasteiger charge is 2.26. The van der Waals surface area contributed by atoms with Gasteiger partial charge in [0.2, 0.25) is 0 Å². The number of benzene rings is 2. The van der Waals surface area contributed by atoms with Crippen molar-refractivity contribution in [3.05, 3.63) is 77.9 Å². The third-order valence-electron chi connectivity index (χ3n) is 7.02. The Hall–Kier alpha value is -3.87. The second-order valence-electron chi connectivity index (χ2n) is 9.39. The van der Waals surface area contributed by atoms with Crippen LogP contribution >= 0.6 is 0 Å². The van der Waals surface area contributed by atoms with E-state index < -0.39 is 0 Å². The molecule has 0 spiro atoms. The minimum Gasteiger partial charge on any atom is -0.496 e. The number of rotatable bonds is 6. The lowest BCUT2D eigenvalue weighted by molar-refractivity contribution is 0.0948. The molecule has 35 heavy (non-hydrogen) atoms. The summed E-state index contributed by atoms with van der Waals surface area (Å²) in [6.45, 7) is 2.74. The van der Waals surface area contributed by atoms with Crippen LogP contribution in [-0.4, -0.2) is 27.4 Å². The molecule has 1 amide bonds. The number of aromatic nitrogens is 3. The van der Waals surface area contributed by atoms with Gasteiger partial charge >= 0.3 is 0 Å². The van der Waals surface area contributed by atoms with Crippen LogP contribution in [0.5, 0.6) is 5.75 Å². The summed E-state index contributed by atoms with van der Waals surface area (Å²) in [5.74, 6) is 3.15. The van der Waals surface area contributed by atoms with Gasteiger partial charge in [0.15, 0.2) is 0 Å². The molecule has 7 heteroatoms. The van der Waals surface area contributed by atoms with Crippen LogP contribution in [0.4, 0.5) is 5.82 Å². The van der Waals surface area contributed by atoms with Gasteiger partial charge in [0, 0.05) is 30.4 Å². The highest BCUT2D eigenvalue weighted by molar-refractivity contribution is 5.96. The molecule has 2 heterocycles. The average molecular weight is 470 g/mol. The fourth-order valence-electron chi connectivity index (χ4n) is 4.98. The fraction of sp³-hybridized carbons (Fsp3) is 0.321. The lowest BCUT2D eigenvalue weighted by Gasteiger charge is -2.25. The van der Waals surface area contributed by atoms with Crippen molar-refractivity contribution in [2.24, 2.45) is 5.92 Å². The van der Waals surface area contributed by atoms with Crippen LogP contribution < -0.4 is 15.8 Å². The molecule has 0 radical (unpaired) electrons. The van der Waals surface area contributed by atoms with E-state index in [-0.39, 0.29) is 5.91 Å². The van der Waals surface area contributed by atoms with E-state index in [1.807, 2.05) is 42.6 Å². The predicted molar refractivity (Wildman–Crippen MR) is 137 cm³/mol. The number of fused-ring (bicyclic) bond motifs is 1. The molecule has 1 saturated carbocycles. The van der Waals surface area contributed by atoms with Crippen LogP contribution in [0.3, 0.4) is 0 Å². The van der Waals surface area contributed by atoms with Gasteiger partial charge in [-0.05, 0) is 36.5 Å². The summed E-state index contributed by atoms with van der Waals surface area (Å²) >= 11 is 0. The van der Waals surface area contributed by atoms with Gasteiger partial charge in [-0.1, -0.05) is 56.2 Å². The monoisotopic (exact) mass is 469 g/mol. The number of methoxy groups -OCH3 is 1. The van der Waals surface area contributed by atoms with E-state index in [4.69, 9.17) is 15.5 Å². The van der Waals surface area contributed by atoms with Crippen LogP contribution in [0, 0.1) is 5.92 Å². The third kappa shape index (κ3) is 4.58. The number of carbonyl (C=O) groups excluding carboxylic acids is 1. The molecule has 1 fully saturated rings. The summed E-state index contributed by atoms with van der Waals surface area (Å²) in [6.07, 6.45) is 8.46. The van der Waals surface area contributed by atoms with Crippen molar-refractivity contribution >= 4 is 17.2 Å². The molecule has 3 N–H and O–H groups in total. The van der Waals surface area contributed by atoms with E-state index in [0.717, 1.165) is 46.9 Å². The zero-order valence-electron chi connectivity index (χ0n) is 20.2. The molecule has 0 saturated heterocycles. The number of nitrogens with zero attached hydrogens (tertiary/aromatic N) is 3. The number of anilines is 1. The third-order valence-corrected chi connectivity index (χ3v) is 7.02. The second-order valence-corrected chi connectivity index (χ2v) is 9.39. The lowest BCUT2D eigenvalue weighted by atomic mass is 9.82. The van der Waals surface area contributed by atoms with Gasteiger partial charge in [-0.3, -0.25) is 9.20 Å². The largest absolute Gasteiger partial charge is 0.496 e. The Morgan fingerprint density at radius 2 is 1.86 bits per heavy atom. The van der Waals surface area contributed by atoms with Crippen molar-refractivity contribution < 1.29 is 9.53 Å². The normalized spacial score (nSPS) is 17.9. The van der Waals surface area contributed by atoms with Gasteiger partial charge in [-0.25, -0.2) is 9.97 Å². The number of carbonyl (C=O) groups is 1. The maximum absolute atomic E-state index is 12.6. The Morgan fingerprint density at radius 3 is 2.60 bits per heavy atom. The van der Waals surface area contributed by atoms with Crippen molar-refractivity contribution in [1.29, 1.82) is 0 Å². The van der Waals surface area contributed by atoms with Crippen molar-refractivity contribution in [2.45, 2.75) is 45.1 Å². The first-order chi connectivity index (χ1) is 17.0. The summed E-state index contributed by atoms with van der Waals surface area (Å²) in [5.41, 5.74) is 10.5. The van der Waals surface area contributed by atoms with E-state index in [1.165, 1.54) is 12.8 Å². The van der Waals surface area contributed by atoms with Gasteiger partial charge in [0.05, 0.1) is 12.7 Å². The van der Waals surface area contributed by atoms with Crippen LogP contribution in [0.25, 0.3) is 16.8 Å². The van der Waals surface area contributed by atoms with Crippen LogP contribution in [0.15, 0.2) is 60.9 Å². The highest BCUT2D eigenvalue weighted by Crippen LogP contribution is 2.38. The summed E-state index contributed by atoms with van der Waals surface area (Å²) in [5, 5.41) is 2.97. The van der Waals surface area contributed by atoms with E-state index in [9.17, 15) is 4.79 Å². The molecule has 0 aliphatic heterocycles. The minimum absolute atomic E-state index is 0.170. The van der Waals surface area contributed by atoms with Crippen molar-refractivity contribution in [2.75, 3.05) is 12.8 Å². The molecule has 0 unspecified atom stereocenters. The number of ether oxygens (including phenoxy) is 1. The number of nitrogen functional groups attached to an aromatic ring is 1. The van der Waals surface area contributed by atoms with Crippen LogP contribution in [-0.2, 0) is 6.54 Å².